The van der Waals surface area contributed by atoms with Gasteiger partial charge in [-0.25, -0.2) is 0 Å². The molecule has 2 nitrogen and oxygen atoms in total. The van der Waals surface area contributed by atoms with Gasteiger partial charge in [-0.1, -0.05) is 17.7 Å². The number of hydrogen-bond acceptors (Lipinski definition) is 2. The highest BCUT2D eigenvalue weighted by molar-refractivity contribution is 14.1. The Balaban J connectivity index is 2.53. The van der Waals surface area contributed by atoms with Crippen molar-refractivity contribution in [3.63, 3.8) is 0 Å². The molecule has 0 atom stereocenters. The predicted octanol–water partition coefficient (Wildman–Crippen LogP) is 2.60. The van der Waals surface area contributed by atoms with Crippen molar-refractivity contribution in [2.45, 2.75) is 6.54 Å². The van der Waals surface area contributed by atoms with E-state index in [1.807, 2.05) is 13.1 Å². The predicted molar refractivity (Wildman–Crippen MR) is 74.4 cm³/mol. The molecule has 0 saturated carbocycles. The summed E-state index contributed by atoms with van der Waals surface area (Å²) in [5, 5.41) is 3.98. The Morgan fingerprint density at radius 1 is 1.47 bits per heavy atom. The normalized spacial score (nSPS) is 11.0. The zero-order chi connectivity index (χ0) is 11.3. The quantitative estimate of drug-likeness (QED) is 0.830. The van der Waals surface area contributed by atoms with E-state index in [4.69, 9.17) is 11.6 Å². The van der Waals surface area contributed by atoms with Gasteiger partial charge < -0.3 is 10.2 Å². The molecule has 1 N–H and O–H groups in total. The van der Waals surface area contributed by atoms with Crippen LogP contribution in [0.25, 0.3) is 0 Å². The molecule has 1 aromatic rings. The summed E-state index contributed by atoms with van der Waals surface area (Å²) in [4.78, 5) is 2.27. The Kier molecular flexibility index (Phi) is 5.89. The average molecular weight is 339 g/mol. The number of likely N-dealkylation sites (N-methyl/N-ethyl adjacent to an activating group) is 2. The first-order valence-corrected chi connectivity index (χ1v) is 6.36. The fraction of sp³-hybridized carbons (Fsp3) is 0.455. The lowest BCUT2D eigenvalue weighted by molar-refractivity contribution is 0.328. The molecular formula is C11H16ClIN2. The number of nitrogens with one attached hydrogen (secondary N) is 1. The SMILES string of the molecule is CNCCN(C)Cc1ccc(I)c(Cl)c1. The van der Waals surface area contributed by atoms with Gasteiger partial charge in [-0.15, -0.1) is 0 Å². The number of hydrogen-bond donors (Lipinski definition) is 1. The molecule has 15 heavy (non-hydrogen) atoms. The second kappa shape index (κ2) is 6.68. The molecular weight excluding hydrogens is 322 g/mol. The third kappa shape index (κ3) is 4.68. The van der Waals surface area contributed by atoms with Crippen LogP contribution in [0, 0.1) is 3.57 Å². The molecule has 4 heteroatoms. The van der Waals surface area contributed by atoms with Crippen LogP contribution in [0.4, 0.5) is 0 Å². The average Bonchev–Trinajstić information content (AvgIpc) is 2.20. The number of nitrogens with zero attached hydrogens (tertiary/aromatic N) is 1. The van der Waals surface area contributed by atoms with Crippen LogP contribution in [0.1, 0.15) is 5.56 Å². The van der Waals surface area contributed by atoms with Crippen LogP contribution in [-0.4, -0.2) is 32.1 Å². The first-order chi connectivity index (χ1) is 7.13. The van der Waals surface area contributed by atoms with Crippen LogP contribution >= 0.6 is 34.2 Å². The molecule has 0 amide bonds. The van der Waals surface area contributed by atoms with Gasteiger partial charge in [0.15, 0.2) is 0 Å². The van der Waals surface area contributed by atoms with Gasteiger partial charge in [0.05, 0.1) is 5.02 Å². The van der Waals surface area contributed by atoms with E-state index < -0.39 is 0 Å². The molecule has 0 radical (unpaired) electrons. The molecule has 0 aliphatic heterocycles. The second-order valence-electron chi connectivity index (χ2n) is 3.59. The fourth-order valence-electron chi connectivity index (χ4n) is 1.33. The van der Waals surface area contributed by atoms with E-state index in [0.29, 0.717) is 0 Å². The summed E-state index contributed by atoms with van der Waals surface area (Å²) in [5.74, 6) is 0. The Bertz CT molecular complexity index is 317. The Morgan fingerprint density at radius 3 is 2.80 bits per heavy atom. The molecule has 84 valence electrons. The molecule has 1 aromatic carbocycles. The van der Waals surface area contributed by atoms with Gasteiger partial charge in [-0.2, -0.15) is 0 Å². The molecule has 0 aromatic heterocycles. The van der Waals surface area contributed by atoms with Gasteiger partial charge in [-0.05, 0) is 54.4 Å². The third-order valence-corrected chi connectivity index (χ3v) is 3.75. The van der Waals surface area contributed by atoms with E-state index in [9.17, 15) is 0 Å². The lowest BCUT2D eigenvalue weighted by Gasteiger charge is -2.16. The van der Waals surface area contributed by atoms with Crippen molar-refractivity contribution >= 4 is 34.2 Å². The molecule has 0 heterocycles. The van der Waals surface area contributed by atoms with Crippen LogP contribution in [-0.2, 0) is 6.54 Å². The zero-order valence-electron chi connectivity index (χ0n) is 9.06. The summed E-state index contributed by atoms with van der Waals surface area (Å²) in [7, 11) is 4.08. The lowest BCUT2D eigenvalue weighted by Crippen LogP contribution is -2.26. The smallest absolute Gasteiger partial charge is 0.0542 e. The lowest BCUT2D eigenvalue weighted by atomic mass is 10.2. The molecule has 0 aliphatic carbocycles. The maximum absolute atomic E-state index is 6.06. The van der Waals surface area contributed by atoms with Crippen LogP contribution in [0.3, 0.4) is 0 Å². The zero-order valence-corrected chi connectivity index (χ0v) is 12.0. The fourth-order valence-corrected chi connectivity index (χ4v) is 1.87. The Labute approximate surface area is 110 Å². The molecule has 1 rings (SSSR count). The molecule has 0 fully saturated rings. The Hall–Kier alpha value is 0.160. The molecule has 0 bridgehead atoms. The molecule has 0 aliphatic rings. The van der Waals surface area contributed by atoms with E-state index in [2.05, 4.69) is 52.0 Å². The molecule has 0 saturated heterocycles. The maximum Gasteiger partial charge on any atom is 0.0542 e. The van der Waals surface area contributed by atoms with Gasteiger partial charge >= 0.3 is 0 Å². The van der Waals surface area contributed by atoms with Crippen LogP contribution in [0.2, 0.25) is 5.02 Å². The van der Waals surface area contributed by atoms with Crippen molar-refractivity contribution in [2.24, 2.45) is 0 Å². The van der Waals surface area contributed by atoms with Gasteiger partial charge in [0.25, 0.3) is 0 Å². The highest BCUT2D eigenvalue weighted by atomic mass is 127. The number of rotatable bonds is 5. The van der Waals surface area contributed by atoms with Gasteiger partial charge in [0.2, 0.25) is 0 Å². The van der Waals surface area contributed by atoms with Crippen molar-refractivity contribution in [3.05, 3.63) is 32.4 Å². The van der Waals surface area contributed by atoms with E-state index in [1.165, 1.54) is 5.56 Å². The van der Waals surface area contributed by atoms with Crippen molar-refractivity contribution in [1.29, 1.82) is 0 Å². The standard InChI is InChI=1S/C11H16ClIN2/c1-14-5-6-15(2)8-9-3-4-11(13)10(12)7-9/h3-4,7,14H,5-6,8H2,1-2H3. The highest BCUT2D eigenvalue weighted by Crippen LogP contribution is 2.20. The minimum absolute atomic E-state index is 0.843. The summed E-state index contributed by atoms with van der Waals surface area (Å²) >= 11 is 8.31. The second-order valence-corrected chi connectivity index (χ2v) is 5.16. The summed E-state index contributed by atoms with van der Waals surface area (Å²) < 4.78 is 1.11. The van der Waals surface area contributed by atoms with Crippen LogP contribution in [0.15, 0.2) is 18.2 Å². The first kappa shape index (κ1) is 13.2. The Morgan fingerprint density at radius 2 is 2.20 bits per heavy atom. The van der Waals surface area contributed by atoms with E-state index in [1.54, 1.807) is 0 Å². The van der Waals surface area contributed by atoms with Crippen molar-refractivity contribution < 1.29 is 0 Å². The van der Waals surface area contributed by atoms with Gasteiger partial charge in [0.1, 0.15) is 0 Å². The number of benzene rings is 1. The minimum atomic E-state index is 0.843. The summed E-state index contributed by atoms with van der Waals surface area (Å²) in [5.41, 5.74) is 1.26. The van der Waals surface area contributed by atoms with Gasteiger partial charge in [0, 0.05) is 23.2 Å². The third-order valence-electron chi connectivity index (χ3n) is 2.18. The van der Waals surface area contributed by atoms with E-state index in [0.717, 1.165) is 28.2 Å². The number of halogens is 2. The highest BCUT2D eigenvalue weighted by Gasteiger charge is 2.02. The monoisotopic (exact) mass is 338 g/mol. The first-order valence-electron chi connectivity index (χ1n) is 4.90. The topological polar surface area (TPSA) is 15.3 Å². The van der Waals surface area contributed by atoms with Crippen molar-refractivity contribution in [2.75, 3.05) is 27.2 Å². The van der Waals surface area contributed by atoms with E-state index >= 15 is 0 Å². The van der Waals surface area contributed by atoms with Crippen molar-refractivity contribution in [3.8, 4) is 0 Å². The van der Waals surface area contributed by atoms with Crippen LogP contribution < -0.4 is 5.32 Å². The minimum Gasteiger partial charge on any atom is -0.318 e. The maximum atomic E-state index is 6.06. The van der Waals surface area contributed by atoms with E-state index in [-0.39, 0.29) is 0 Å². The molecule has 0 unspecified atom stereocenters. The largest absolute Gasteiger partial charge is 0.318 e. The van der Waals surface area contributed by atoms with Crippen LogP contribution in [0.5, 0.6) is 0 Å². The van der Waals surface area contributed by atoms with Gasteiger partial charge in [-0.3, -0.25) is 0 Å². The summed E-state index contributed by atoms with van der Waals surface area (Å²) in [6.07, 6.45) is 0. The molecule has 0 spiro atoms. The summed E-state index contributed by atoms with van der Waals surface area (Å²) in [6, 6.07) is 6.23. The summed E-state index contributed by atoms with van der Waals surface area (Å²) in [6.45, 7) is 2.99. The van der Waals surface area contributed by atoms with Crippen molar-refractivity contribution in [1.82, 2.24) is 10.2 Å².